The fraction of sp³-hybridized carbons (Fsp3) is 0.645. The van der Waals surface area contributed by atoms with Gasteiger partial charge in [0.05, 0.1) is 0 Å². The Bertz CT molecular complexity index is 713. The predicted octanol–water partition coefficient (Wildman–Crippen LogP) is 8.04. The Labute approximate surface area is 215 Å². The fourth-order valence-corrected chi connectivity index (χ4v) is 4.48. The van der Waals surface area contributed by atoms with E-state index in [1.807, 2.05) is 49.3 Å². The summed E-state index contributed by atoms with van der Waals surface area (Å²) in [4.78, 5) is 14.1. The molecule has 0 fully saturated rings. The van der Waals surface area contributed by atoms with Crippen LogP contribution >= 0.6 is 0 Å². The number of nitrogens with zero attached hydrogens (tertiary/aromatic N) is 1. The van der Waals surface area contributed by atoms with Gasteiger partial charge in [0.15, 0.2) is 0 Å². The first-order valence-electron chi connectivity index (χ1n) is 13.8. The van der Waals surface area contributed by atoms with Gasteiger partial charge in [0, 0.05) is 6.61 Å². The quantitative estimate of drug-likeness (QED) is 0.109. The van der Waals surface area contributed by atoms with Crippen LogP contribution in [0.3, 0.4) is 0 Å². The Morgan fingerprint density at radius 2 is 1.49 bits per heavy atom. The van der Waals surface area contributed by atoms with Gasteiger partial charge in [-0.25, -0.2) is 0 Å². The first-order valence-corrected chi connectivity index (χ1v) is 13.8. The van der Waals surface area contributed by atoms with Crippen molar-refractivity contribution in [2.75, 3.05) is 20.7 Å². The molecule has 0 spiro atoms. The maximum absolute atomic E-state index is 12.2. The smallest absolute Gasteiger partial charge is 0.313 e. The standard InChI is InChI=1S/C31H51NO3/c1-5-6-7-8-9-10-11-12-13-14-15-16-17-18-19-23-26-35-29(32(3)4)31(2,30(33)34)27-28-24-21-20-22-25-28/h9-10,12-13,20-22,24-25,29H,5-8,11,14-19,23,26-27H2,1-4H3,(H,33,34)/b10-9-,13-12-. The summed E-state index contributed by atoms with van der Waals surface area (Å²) in [6.45, 7) is 4.63. The number of allylic oxidation sites excluding steroid dienone is 4. The van der Waals surface area contributed by atoms with Gasteiger partial charge in [-0.2, -0.15) is 0 Å². The monoisotopic (exact) mass is 485 g/mol. The van der Waals surface area contributed by atoms with Crippen molar-refractivity contribution >= 4 is 5.97 Å². The number of benzene rings is 1. The predicted molar refractivity (Wildman–Crippen MR) is 149 cm³/mol. The van der Waals surface area contributed by atoms with E-state index in [1.54, 1.807) is 6.92 Å². The molecule has 1 aromatic rings. The summed E-state index contributed by atoms with van der Waals surface area (Å²) in [7, 11) is 3.80. The number of carboxylic acids is 1. The third-order valence-corrected chi connectivity index (χ3v) is 6.54. The summed E-state index contributed by atoms with van der Waals surface area (Å²) in [5, 5.41) is 10.0. The molecule has 2 unspecified atom stereocenters. The van der Waals surface area contributed by atoms with Crippen molar-refractivity contribution in [1.29, 1.82) is 0 Å². The van der Waals surface area contributed by atoms with E-state index in [9.17, 15) is 9.90 Å². The molecule has 198 valence electrons. The van der Waals surface area contributed by atoms with E-state index in [2.05, 4.69) is 31.2 Å². The van der Waals surface area contributed by atoms with Crippen LogP contribution in [-0.4, -0.2) is 42.9 Å². The van der Waals surface area contributed by atoms with E-state index in [0.717, 1.165) is 24.8 Å². The molecule has 1 aromatic carbocycles. The van der Waals surface area contributed by atoms with E-state index in [-0.39, 0.29) is 0 Å². The number of carbonyl (C=O) groups is 1. The van der Waals surface area contributed by atoms with Crippen molar-refractivity contribution < 1.29 is 14.6 Å². The van der Waals surface area contributed by atoms with E-state index in [0.29, 0.717) is 13.0 Å². The lowest BCUT2D eigenvalue weighted by molar-refractivity contribution is -0.171. The minimum atomic E-state index is -1.01. The maximum atomic E-state index is 12.2. The molecule has 0 amide bonds. The molecular weight excluding hydrogens is 434 g/mol. The van der Waals surface area contributed by atoms with Crippen LogP contribution in [0.25, 0.3) is 0 Å². The molecule has 2 atom stereocenters. The van der Waals surface area contributed by atoms with Crippen molar-refractivity contribution in [2.45, 2.75) is 104 Å². The van der Waals surface area contributed by atoms with Crippen LogP contribution in [0.15, 0.2) is 54.6 Å². The summed E-state index contributed by atoms with van der Waals surface area (Å²) >= 11 is 0. The number of hydrogen-bond acceptors (Lipinski definition) is 3. The number of rotatable bonds is 21. The van der Waals surface area contributed by atoms with Crippen LogP contribution in [0.2, 0.25) is 0 Å². The zero-order chi connectivity index (χ0) is 25.8. The van der Waals surface area contributed by atoms with Crippen molar-refractivity contribution in [3.8, 4) is 0 Å². The molecule has 0 heterocycles. The van der Waals surface area contributed by atoms with Crippen LogP contribution in [0, 0.1) is 5.41 Å². The number of aliphatic carboxylic acids is 1. The molecule has 0 aliphatic carbocycles. The van der Waals surface area contributed by atoms with E-state index < -0.39 is 17.6 Å². The lowest BCUT2D eigenvalue weighted by atomic mass is 9.81. The minimum absolute atomic E-state index is 0.440. The number of unbranched alkanes of at least 4 members (excludes halogenated alkanes) is 9. The third-order valence-electron chi connectivity index (χ3n) is 6.54. The number of ether oxygens (including phenoxy) is 1. The third kappa shape index (κ3) is 13.7. The lowest BCUT2D eigenvalue weighted by Gasteiger charge is -2.38. The first-order chi connectivity index (χ1) is 16.9. The maximum Gasteiger partial charge on any atom is 0.313 e. The second-order valence-electron chi connectivity index (χ2n) is 10.2. The lowest BCUT2D eigenvalue weighted by Crippen LogP contribution is -2.51. The molecule has 0 bridgehead atoms. The molecule has 4 heteroatoms. The van der Waals surface area contributed by atoms with E-state index in [4.69, 9.17) is 4.74 Å². The van der Waals surface area contributed by atoms with Gasteiger partial charge in [0.1, 0.15) is 11.6 Å². The fourth-order valence-electron chi connectivity index (χ4n) is 4.48. The molecule has 1 N–H and O–H groups in total. The molecule has 0 aliphatic rings. The van der Waals surface area contributed by atoms with Crippen molar-refractivity contribution in [3.63, 3.8) is 0 Å². The van der Waals surface area contributed by atoms with Gasteiger partial charge in [-0.3, -0.25) is 9.69 Å². The summed E-state index contributed by atoms with van der Waals surface area (Å²) < 4.78 is 6.15. The second-order valence-corrected chi connectivity index (χ2v) is 10.2. The van der Waals surface area contributed by atoms with Gasteiger partial charge < -0.3 is 9.84 Å². The molecule has 0 aliphatic heterocycles. The zero-order valence-corrected chi connectivity index (χ0v) is 22.9. The zero-order valence-electron chi connectivity index (χ0n) is 22.9. The highest BCUT2D eigenvalue weighted by Gasteiger charge is 2.43. The highest BCUT2D eigenvalue weighted by atomic mass is 16.5. The average Bonchev–Trinajstić information content (AvgIpc) is 2.83. The van der Waals surface area contributed by atoms with Gasteiger partial charge >= 0.3 is 5.97 Å². The number of hydrogen-bond donors (Lipinski definition) is 1. The Balaban J connectivity index is 2.21. The minimum Gasteiger partial charge on any atom is -0.481 e. The molecule has 0 aromatic heterocycles. The van der Waals surface area contributed by atoms with Gasteiger partial charge in [-0.15, -0.1) is 0 Å². The summed E-state index contributed by atoms with van der Waals surface area (Å²) in [6, 6.07) is 9.82. The highest BCUT2D eigenvalue weighted by molar-refractivity contribution is 5.75. The van der Waals surface area contributed by atoms with Crippen LogP contribution in [0.1, 0.15) is 96.5 Å². The molecule has 35 heavy (non-hydrogen) atoms. The van der Waals surface area contributed by atoms with Crippen molar-refractivity contribution in [3.05, 3.63) is 60.2 Å². The van der Waals surface area contributed by atoms with E-state index in [1.165, 1.54) is 57.8 Å². The topological polar surface area (TPSA) is 49.8 Å². The average molecular weight is 486 g/mol. The van der Waals surface area contributed by atoms with Gasteiger partial charge in [-0.05, 0) is 71.5 Å². The van der Waals surface area contributed by atoms with Crippen LogP contribution in [-0.2, 0) is 16.0 Å². The van der Waals surface area contributed by atoms with Crippen molar-refractivity contribution in [1.82, 2.24) is 4.90 Å². The Morgan fingerprint density at radius 3 is 2.06 bits per heavy atom. The van der Waals surface area contributed by atoms with Gasteiger partial charge in [0.2, 0.25) is 0 Å². The molecule has 0 saturated carbocycles. The SMILES string of the molecule is CCCCC/C=C\C/C=C\CCCCCCCCOC(N(C)C)C(C)(Cc1ccccc1)C(=O)O. The largest absolute Gasteiger partial charge is 0.481 e. The van der Waals surface area contributed by atoms with E-state index >= 15 is 0 Å². The molecule has 4 nitrogen and oxygen atoms in total. The normalized spacial score (nSPS) is 14.7. The molecule has 1 rings (SSSR count). The Hall–Kier alpha value is -1.91. The number of carboxylic acid groups (broad SMARTS) is 1. The second kappa shape index (κ2) is 19.3. The highest BCUT2D eigenvalue weighted by Crippen LogP contribution is 2.31. The van der Waals surface area contributed by atoms with Crippen LogP contribution < -0.4 is 0 Å². The summed E-state index contributed by atoms with van der Waals surface area (Å²) in [5.74, 6) is -0.822. The van der Waals surface area contributed by atoms with Gasteiger partial charge in [0.25, 0.3) is 0 Å². The van der Waals surface area contributed by atoms with Crippen LogP contribution in [0.4, 0.5) is 0 Å². The molecule has 0 radical (unpaired) electrons. The van der Waals surface area contributed by atoms with Crippen molar-refractivity contribution in [2.24, 2.45) is 5.41 Å². The van der Waals surface area contributed by atoms with Gasteiger partial charge in [-0.1, -0.05) is 100 Å². The molecular formula is C31H51NO3. The summed E-state index contributed by atoms with van der Waals surface area (Å²) in [5.41, 5.74) is 0.00464. The summed E-state index contributed by atoms with van der Waals surface area (Å²) in [6.07, 6.45) is 23.7. The van der Waals surface area contributed by atoms with Crippen LogP contribution in [0.5, 0.6) is 0 Å². The molecule has 0 saturated heterocycles. The Morgan fingerprint density at radius 1 is 0.914 bits per heavy atom. The Kier molecular flexibility index (Phi) is 17.2. The first kappa shape index (κ1) is 31.1.